The van der Waals surface area contributed by atoms with Gasteiger partial charge in [0.25, 0.3) is 0 Å². The van der Waals surface area contributed by atoms with E-state index in [4.69, 9.17) is 4.98 Å². The molecule has 3 heterocycles. The molecule has 2 aromatic heterocycles. The van der Waals surface area contributed by atoms with Crippen molar-refractivity contribution in [3.63, 3.8) is 0 Å². The van der Waals surface area contributed by atoms with Crippen LogP contribution in [-0.4, -0.2) is 46.2 Å². The first-order chi connectivity index (χ1) is 15.6. The lowest BCUT2D eigenvalue weighted by Gasteiger charge is -2.58. The summed E-state index contributed by atoms with van der Waals surface area (Å²) in [6.07, 6.45) is 12.4. The van der Waals surface area contributed by atoms with E-state index >= 15 is 0 Å². The fourth-order valence-corrected chi connectivity index (χ4v) is 7.19. The van der Waals surface area contributed by atoms with Gasteiger partial charge in [-0.05, 0) is 80.9 Å². The zero-order valence-electron chi connectivity index (χ0n) is 18.5. The Morgan fingerprint density at radius 1 is 1.09 bits per heavy atom. The Morgan fingerprint density at radius 2 is 1.91 bits per heavy atom. The van der Waals surface area contributed by atoms with E-state index in [0.29, 0.717) is 17.8 Å². The molecule has 5 fully saturated rings. The summed E-state index contributed by atoms with van der Waals surface area (Å²) >= 11 is 0. The highest BCUT2D eigenvalue weighted by Gasteiger charge is 2.58. The smallest absolute Gasteiger partial charge is 0.226 e. The number of rotatable bonds is 4. The van der Waals surface area contributed by atoms with Gasteiger partial charge in [-0.3, -0.25) is 9.78 Å². The molecule has 4 aliphatic carbocycles. The summed E-state index contributed by atoms with van der Waals surface area (Å²) in [4.78, 5) is 24.7. The minimum atomic E-state index is -0.234. The Kier molecular flexibility index (Phi) is 4.94. The number of pyridine rings is 2. The highest BCUT2D eigenvalue weighted by molar-refractivity contribution is 5.83. The maximum absolute atomic E-state index is 13.5. The molecule has 2 N–H and O–H groups in total. The molecule has 0 aromatic carbocycles. The highest BCUT2D eigenvalue weighted by Crippen LogP contribution is 2.60. The van der Waals surface area contributed by atoms with Crippen LogP contribution in [0.3, 0.4) is 0 Å². The Bertz CT molecular complexity index is 963. The molecule has 32 heavy (non-hydrogen) atoms. The molecule has 6 heteroatoms. The van der Waals surface area contributed by atoms with E-state index in [-0.39, 0.29) is 23.5 Å². The second kappa shape index (κ2) is 7.84. The van der Waals surface area contributed by atoms with Crippen molar-refractivity contribution in [3.05, 3.63) is 42.9 Å². The molecule has 1 aliphatic heterocycles. The minimum absolute atomic E-state index is 0.161. The van der Waals surface area contributed by atoms with Gasteiger partial charge in [-0.25, -0.2) is 4.98 Å². The van der Waals surface area contributed by atoms with Crippen molar-refractivity contribution < 1.29 is 9.90 Å². The topological polar surface area (TPSA) is 78.4 Å². The number of anilines is 1. The summed E-state index contributed by atoms with van der Waals surface area (Å²) in [6.45, 7) is 1.77. The minimum Gasteiger partial charge on any atom is -0.393 e. The molecule has 4 bridgehead atoms. The molecule has 4 saturated carbocycles. The van der Waals surface area contributed by atoms with Gasteiger partial charge in [-0.15, -0.1) is 0 Å². The van der Waals surface area contributed by atoms with E-state index in [1.165, 1.54) is 0 Å². The van der Waals surface area contributed by atoms with Crippen molar-refractivity contribution >= 4 is 11.7 Å². The number of hydrogen-bond acceptors (Lipinski definition) is 5. The zero-order valence-corrected chi connectivity index (χ0v) is 18.5. The normalized spacial score (nSPS) is 35.7. The number of aromatic nitrogens is 2. The quantitative estimate of drug-likeness (QED) is 0.774. The van der Waals surface area contributed by atoms with Crippen molar-refractivity contribution in [2.45, 2.75) is 57.1 Å². The van der Waals surface area contributed by atoms with E-state index in [2.05, 4.69) is 27.3 Å². The van der Waals surface area contributed by atoms with Crippen LogP contribution in [0.2, 0.25) is 0 Å². The van der Waals surface area contributed by atoms with E-state index in [1.807, 2.05) is 24.5 Å². The molecule has 168 valence electrons. The Labute approximate surface area is 189 Å². The van der Waals surface area contributed by atoms with Crippen LogP contribution in [0.5, 0.6) is 0 Å². The van der Waals surface area contributed by atoms with Gasteiger partial charge in [0.15, 0.2) is 0 Å². The SMILES string of the molecule is O=C(N[C@H]1CCCN(c2ccc(-c3cccnc3)cn2)C1)C12CC3CC(C1)C(O)C(C3)C2. The van der Waals surface area contributed by atoms with E-state index in [9.17, 15) is 9.90 Å². The monoisotopic (exact) mass is 432 g/mol. The summed E-state index contributed by atoms with van der Waals surface area (Å²) in [5.74, 6) is 2.51. The van der Waals surface area contributed by atoms with Crippen molar-refractivity contribution in [2.24, 2.45) is 23.2 Å². The molecule has 0 spiro atoms. The molecule has 2 unspecified atom stereocenters. The first-order valence-corrected chi connectivity index (χ1v) is 12.2. The molecule has 0 radical (unpaired) electrons. The van der Waals surface area contributed by atoms with Crippen molar-refractivity contribution in [1.82, 2.24) is 15.3 Å². The first-order valence-electron chi connectivity index (χ1n) is 12.2. The van der Waals surface area contributed by atoms with Crippen LogP contribution >= 0.6 is 0 Å². The van der Waals surface area contributed by atoms with Gasteiger partial charge in [0.1, 0.15) is 5.82 Å². The first kappa shape index (κ1) is 20.2. The van der Waals surface area contributed by atoms with Crippen LogP contribution in [0, 0.1) is 23.2 Å². The molecular weight excluding hydrogens is 400 g/mol. The average Bonchev–Trinajstić information content (AvgIpc) is 2.83. The van der Waals surface area contributed by atoms with Gasteiger partial charge in [0.05, 0.1) is 11.5 Å². The summed E-state index contributed by atoms with van der Waals surface area (Å²) in [5, 5.41) is 14.0. The van der Waals surface area contributed by atoms with Crippen LogP contribution in [-0.2, 0) is 4.79 Å². The molecule has 7 rings (SSSR count). The number of nitrogens with zero attached hydrogens (tertiary/aromatic N) is 3. The van der Waals surface area contributed by atoms with Crippen molar-refractivity contribution in [2.75, 3.05) is 18.0 Å². The van der Waals surface area contributed by atoms with Crippen LogP contribution in [0.15, 0.2) is 42.9 Å². The number of carbonyl (C=O) groups excluding carboxylic acids is 1. The molecule has 3 atom stereocenters. The van der Waals surface area contributed by atoms with Crippen molar-refractivity contribution in [1.29, 1.82) is 0 Å². The molecule has 2 aromatic rings. The standard InChI is InChI=1S/C26H32N4O2/c31-24-20-9-17-10-21(24)13-26(11-17,12-20)25(32)29-22-4-2-8-30(16-22)23-6-5-19(15-28-23)18-3-1-7-27-14-18/h1,3,5-7,14-15,17,20-22,24,31H,2,4,8-13,16H2,(H,29,32)/t17?,20?,21?,22-,24?,26?/m0/s1. The number of nitrogens with one attached hydrogen (secondary N) is 1. The Morgan fingerprint density at radius 3 is 2.62 bits per heavy atom. The van der Waals surface area contributed by atoms with Crippen LogP contribution in [0.1, 0.15) is 44.9 Å². The summed E-state index contributed by atoms with van der Waals surface area (Å²) in [7, 11) is 0. The fourth-order valence-electron chi connectivity index (χ4n) is 7.19. The Hall–Kier alpha value is -2.47. The van der Waals surface area contributed by atoms with Crippen LogP contribution in [0.4, 0.5) is 5.82 Å². The second-order valence-corrected chi connectivity index (χ2v) is 10.6. The lowest BCUT2D eigenvalue weighted by atomic mass is 9.48. The predicted molar refractivity (Wildman–Crippen MR) is 123 cm³/mol. The maximum Gasteiger partial charge on any atom is 0.226 e. The van der Waals surface area contributed by atoms with Gasteiger partial charge in [-0.2, -0.15) is 0 Å². The van der Waals surface area contributed by atoms with Gasteiger partial charge in [-0.1, -0.05) is 6.07 Å². The lowest BCUT2D eigenvalue weighted by Crippen LogP contribution is -2.60. The summed E-state index contributed by atoms with van der Waals surface area (Å²) in [5.41, 5.74) is 1.89. The largest absolute Gasteiger partial charge is 0.393 e. The summed E-state index contributed by atoms with van der Waals surface area (Å²) < 4.78 is 0. The number of carbonyl (C=O) groups is 1. The summed E-state index contributed by atoms with van der Waals surface area (Å²) in [6, 6.07) is 8.31. The number of amides is 1. The highest BCUT2D eigenvalue weighted by atomic mass is 16.3. The van der Waals surface area contributed by atoms with Gasteiger partial charge < -0.3 is 15.3 Å². The number of piperidine rings is 1. The van der Waals surface area contributed by atoms with Gasteiger partial charge >= 0.3 is 0 Å². The van der Waals surface area contributed by atoms with E-state index < -0.39 is 0 Å². The Balaban J connectivity index is 1.12. The average molecular weight is 433 g/mol. The lowest BCUT2D eigenvalue weighted by molar-refractivity contribution is -0.163. The fraction of sp³-hybridized carbons (Fsp3) is 0.577. The number of hydrogen-bond donors (Lipinski definition) is 2. The number of aliphatic hydroxyl groups is 1. The van der Waals surface area contributed by atoms with Gasteiger partial charge in [0.2, 0.25) is 5.91 Å². The predicted octanol–water partition coefficient (Wildman–Crippen LogP) is 3.42. The zero-order chi connectivity index (χ0) is 21.7. The molecule has 5 aliphatic rings. The van der Waals surface area contributed by atoms with Crippen molar-refractivity contribution in [3.8, 4) is 11.1 Å². The van der Waals surface area contributed by atoms with Gasteiger partial charge in [0, 0.05) is 48.8 Å². The molecule has 1 amide bonds. The third kappa shape index (κ3) is 3.49. The molecule has 6 nitrogen and oxygen atoms in total. The van der Waals surface area contributed by atoms with Crippen LogP contribution in [0.25, 0.3) is 11.1 Å². The van der Waals surface area contributed by atoms with Crippen LogP contribution < -0.4 is 10.2 Å². The molecular formula is C26H32N4O2. The van der Waals surface area contributed by atoms with E-state index in [1.54, 1.807) is 6.20 Å². The third-order valence-electron chi connectivity index (χ3n) is 8.53. The second-order valence-electron chi connectivity index (χ2n) is 10.6. The maximum atomic E-state index is 13.5. The van der Waals surface area contributed by atoms with E-state index in [0.717, 1.165) is 75.0 Å². The number of aliphatic hydroxyl groups excluding tert-OH is 1. The molecule has 1 saturated heterocycles. The third-order valence-corrected chi connectivity index (χ3v) is 8.53.